The van der Waals surface area contributed by atoms with Crippen molar-refractivity contribution in [1.82, 2.24) is 10.6 Å². The molecule has 1 heterocycles. The molecule has 0 saturated carbocycles. The average molecular weight is 286 g/mol. The molecule has 0 bridgehead atoms. The summed E-state index contributed by atoms with van der Waals surface area (Å²) in [5.74, 6) is -0.283. The second-order valence-corrected chi connectivity index (χ2v) is 5.37. The van der Waals surface area contributed by atoms with E-state index in [1.165, 1.54) is 6.07 Å². The minimum atomic E-state index is -1.04. The molecular weight excluding hydrogens is 268 g/mol. The molecule has 6 nitrogen and oxygen atoms in total. The Labute approximate surface area is 115 Å². The SMILES string of the molecule is CSC(C)CNC(=O)NCc1cc(C(=O)O)c(C)o1. The third-order valence-corrected chi connectivity index (χ3v) is 3.55. The van der Waals surface area contributed by atoms with Crippen LogP contribution < -0.4 is 10.6 Å². The monoisotopic (exact) mass is 286 g/mol. The summed E-state index contributed by atoms with van der Waals surface area (Å²) in [7, 11) is 0. The van der Waals surface area contributed by atoms with E-state index in [0.717, 1.165) is 0 Å². The molecule has 3 N–H and O–H groups in total. The predicted octanol–water partition coefficient (Wildman–Crippen LogP) is 1.84. The highest BCUT2D eigenvalue weighted by atomic mass is 32.2. The van der Waals surface area contributed by atoms with Crippen molar-refractivity contribution >= 4 is 23.8 Å². The molecule has 0 aromatic carbocycles. The van der Waals surface area contributed by atoms with E-state index in [4.69, 9.17) is 9.52 Å². The van der Waals surface area contributed by atoms with E-state index in [1.54, 1.807) is 18.7 Å². The topological polar surface area (TPSA) is 91.6 Å². The van der Waals surface area contributed by atoms with E-state index < -0.39 is 5.97 Å². The number of carbonyl (C=O) groups excluding carboxylic acids is 1. The molecule has 0 aliphatic rings. The van der Waals surface area contributed by atoms with Crippen molar-refractivity contribution in [3.05, 3.63) is 23.2 Å². The Balaban J connectivity index is 2.42. The first kappa shape index (κ1) is 15.4. The highest BCUT2D eigenvalue weighted by Gasteiger charge is 2.14. The van der Waals surface area contributed by atoms with Crippen LogP contribution in [0.15, 0.2) is 10.5 Å². The van der Waals surface area contributed by atoms with E-state index in [1.807, 2.05) is 13.2 Å². The Morgan fingerprint density at radius 2 is 2.16 bits per heavy atom. The summed E-state index contributed by atoms with van der Waals surface area (Å²) in [6, 6.07) is 1.12. The summed E-state index contributed by atoms with van der Waals surface area (Å²) >= 11 is 1.66. The normalized spacial score (nSPS) is 11.9. The van der Waals surface area contributed by atoms with Crippen molar-refractivity contribution in [2.24, 2.45) is 0 Å². The largest absolute Gasteiger partial charge is 0.478 e. The summed E-state index contributed by atoms with van der Waals surface area (Å²) in [4.78, 5) is 22.3. The van der Waals surface area contributed by atoms with Crippen LogP contribution >= 0.6 is 11.8 Å². The van der Waals surface area contributed by atoms with Gasteiger partial charge in [-0.25, -0.2) is 9.59 Å². The molecule has 1 aromatic heterocycles. The van der Waals surface area contributed by atoms with Crippen LogP contribution in [0.5, 0.6) is 0 Å². The molecule has 7 heteroatoms. The lowest BCUT2D eigenvalue weighted by Gasteiger charge is -2.10. The average Bonchev–Trinajstić information content (AvgIpc) is 2.74. The van der Waals surface area contributed by atoms with Gasteiger partial charge < -0.3 is 20.2 Å². The number of carboxylic acids is 1. The number of urea groups is 1. The van der Waals surface area contributed by atoms with Gasteiger partial charge in [0.15, 0.2) is 0 Å². The lowest BCUT2D eigenvalue weighted by atomic mass is 10.2. The fourth-order valence-corrected chi connectivity index (χ4v) is 1.64. The molecule has 0 spiro atoms. The molecule has 0 aliphatic heterocycles. The van der Waals surface area contributed by atoms with Crippen molar-refractivity contribution in [3.63, 3.8) is 0 Å². The Kier molecular flexibility index (Phi) is 5.75. The second kappa shape index (κ2) is 7.08. The number of amides is 2. The lowest BCUT2D eigenvalue weighted by molar-refractivity contribution is 0.0695. The molecule has 1 unspecified atom stereocenters. The molecular formula is C12H18N2O4S. The first-order valence-corrected chi connectivity index (χ1v) is 7.10. The van der Waals surface area contributed by atoms with Crippen LogP contribution in [-0.2, 0) is 6.54 Å². The Morgan fingerprint density at radius 1 is 1.47 bits per heavy atom. The third-order valence-electron chi connectivity index (χ3n) is 2.57. The minimum Gasteiger partial charge on any atom is -0.478 e. The summed E-state index contributed by atoms with van der Waals surface area (Å²) in [6.45, 7) is 4.32. The molecule has 0 saturated heterocycles. The third kappa shape index (κ3) is 4.86. The highest BCUT2D eigenvalue weighted by Crippen LogP contribution is 2.14. The Morgan fingerprint density at radius 3 is 2.68 bits per heavy atom. The van der Waals surface area contributed by atoms with Crippen LogP contribution in [0.25, 0.3) is 0 Å². The number of rotatable bonds is 6. The molecule has 19 heavy (non-hydrogen) atoms. The van der Waals surface area contributed by atoms with Gasteiger partial charge in [0, 0.05) is 11.8 Å². The second-order valence-electron chi connectivity index (χ2n) is 4.10. The smallest absolute Gasteiger partial charge is 0.339 e. The number of furan rings is 1. The molecule has 1 aromatic rings. The van der Waals surface area contributed by atoms with Crippen LogP contribution in [0.2, 0.25) is 0 Å². The Hall–Kier alpha value is -1.63. The minimum absolute atomic E-state index is 0.119. The van der Waals surface area contributed by atoms with E-state index >= 15 is 0 Å². The lowest BCUT2D eigenvalue weighted by Crippen LogP contribution is -2.37. The van der Waals surface area contributed by atoms with Gasteiger partial charge in [-0.3, -0.25) is 0 Å². The number of carbonyl (C=O) groups is 2. The summed E-state index contributed by atoms with van der Waals surface area (Å²) in [5.41, 5.74) is 0.119. The van der Waals surface area contributed by atoms with Gasteiger partial charge in [0.25, 0.3) is 0 Å². The number of aromatic carboxylic acids is 1. The van der Waals surface area contributed by atoms with Crippen LogP contribution in [-0.4, -0.2) is 35.2 Å². The van der Waals surface area contributed by atoms with Crippen LogP contribution in [0, 0.1) is 6.92 Å². The fourth-order valence-electron chi connectivity index (χ4n) is 1.39. The summed E-state index contributed by atoms with van der Waals surface area (Å²) in [5, 5.41) is 14.5. The van der Waals surface area contributed by atoms with Gasteiger partial charge in [-0.1, -0.05) is 6.92 Å². The van der Waals surface area contributed by atoms with Gasteiger partial charge in [-0.15, -0.1) is 0 Å². The van der Waals surface area contributed by atoms with Crippen molar-refractivity contribution in [2.75, 3.05) is 12.8 Å². The van der Waals surface area contributed by atoms with Gasteiger partial charge in [0.1, 0.15) is 17.1 Å². The number of carboxylic acid groups (broad SMARTS) is 1. The van der Waals surface area contributed by atoms with Crippen LogP contribution in [0.1, 0.15) is 28.8 Å². The van der Waals surface area contributed by atoms with Gasteiger partial charge in [-0.2, -0.15) is 11.8 Å². The standard InChI is InChI=1S/C12H18N2O4S/c1-7(19-3)5-13-12(17)14-6-9-4-10(11(15)16)8(2)18-9/h4,7H,5-6H2,1-3H3,(H,15,16)(H2,13,14,17). The zero-order valence-electron chi connectivity index (χ0n) is 11.1. The number of hydrogen-bond donors (Lipinski definition) is 3. The highest BCUT2D eigenvalue weighted by molar-refractivity contribution is 7.99. The molecule has 0 radical (unpaired) electrons. The van der Waals surface area contributed by atoms with Gasteiger partial charge in [-0.05, 0) is 19.2 Å². The number of nitrogens with one attached hydrogen (secondary N) is 2. The van der Waals surface area contributed by atoms with Crippen molar-refractivity contribution in [1.29, 1.82) is 0 Å². The molecule has 1 atom stereocenters. The first-order chi connectivity index (χ1) is 8.93. The zero-order valence-corrected chi connectivity index (χ0v) is 12.0. The molecule has 1 rings (SSSR count). The van der Waals surface area contributed by atoms with E-state index in [2.05, 4.69) is 10.6 Å². The maximum Gasteiger partial charge on any atom is 0.339 e. The zero-order chi connectivity index (χ0) is 14.4. The van der Waals surface area contributed by atoms with Crippen molar-refractivity contribution in [3.8, 4) is 0 Å². The quantitative estimate of drug-likeness (QED) is 0.742. The summed E-state index contributed by atoms with van der Waals surface area (Å²) < 4.78 is 5.25. The van der Waals surface area contributed by atoms with E-state index in [0.29, 0.717) is 23.3 Å². The number of aryl methyl sites for hydroxylation is 1. The van der Waals surface area contributed by atoms with E-state index in [-0.39, 0.29) is 18.1 Å². The van der Waals surface area contributed by atoms with Gasteiger partial charge >= 0.3 is 12.0 Å². The maximum absolute atomic E-state index is 11.5. The van der Waals surface area contributed by atoms with Crippen LogP contribution in [0.3, 0.4) is 0 Å². The van der Waals surface area contributed by atoms with Gasteiger partial charge in [0.2, 0.25) is 0 Å². The first-order valence-electron chi connectivity index (χ1n) is 5.81. The van der Waals surface area contributed by atoms with E-state index in [9.17, 15) is 9.59 Å². The Bertz CT molecular complexity index is 459. The predicted molar refractivity (Wildman–Crippen MR) is 73.6 cm³/mol. The summed E-state index contributed by atoms with van der Waals surface area (Å²) in [6.07, 6.45) is 1.98. The fraction of sp³-hybridized carbons (Fsp3) is 0.500. The van der Waals surface area contributed by atoms with Crippen molar-refractivity contribution < 1.29 is 19.1 Å². The molecule has 106 valence electrons. The molecule has 2 amide bonds. The number of thioether (sulfide) groups is 1. The molecule has 0 aliphatic carbocycles. The van der Waals surface area contributed by atoms with Gasteiger partial charge in [0.05, 0.1) is 6.54 Å². The number of hydrogen-bond acceptors (Lipinski definition) is 4. The molecule has 0 fully saturated rings. The maximum atomic E-state index is 11.5. The van der Waals surface area contributed by atoms with Crippen molar-refractivity contribution in [2.45, 2.75) is 25.6 Å². The van der Waals surface area contributed by atoms with Crippen LogP contribution in [0.4, 0.5) is 4.79 Å².